The minimum Gasteiger partial charge on any atom is -0.468 e. The fourth-order valence-electron chi connectivity index (χ4n) is 4.26. The third-order valence-corrected chi connectivity index (χ3v) is 5.22. The molecule has 0 spiro atoms. The van der Waals surface area contributed by atoms with Gasteiger partial charge in [-0.15, -0.1) is 0 Å². The van der Waals surface area contributed by atoms with Crippen LogP contribution in [0.25, 0.3) is 0 Å². The first kappa shape index (κ1) is 15.8. The average molecular weight is 317 g/mol. The third-order valence-electron chi connectivity index (χ3n) is 5.22. The smallest absolute Gasteiger partial charge is 0.330 e. The summed E-state index contributed by atoms with van der Waals surface area (Å²) in [6, 6.07) is 5.54. The lowest BCUT2D eigenvalue weighted by atomic mass is 9.74. The molecule has 1 aromatic rings. The maximum absolute atomic E-state index is 12.8. The van der Waals surface area contributed by atoms with Crippen molar-refractivity contribution in [2.24, 2.45) is 0 Å². The number of methoxy groups -OCH3 is 2. The second-order valence-corrected chi connectivity index (χ2v) is 6.32. The van der Waals surface area contributed by atoms with Crippen molar-refractivity contribution in [2.45, 2.75) is 44.1 Å². The number of aryl methyl sites for hydroxylation is 1. The van der Waals surface area contributed by atoms with E-state index < -0.39 is 17.4 Å². The summed E-state index contributed by atoms with van der Waals surface area (Å²) in [6.45, 7) is 2.86. The standard InChI is InChI=1S/C18H23NO4/c1-12-8-7-9-13-15(12)19-11-6-4-5-10-14(19)18(13,16(20)22-2)17(21)23-3/h7-9,14H,4-6,10-11H2,1-3H3. The number of anilines is 1. The van der Waals surface area contributed by atoms with Gasteiger partial charge in [-0.3, -0.25) is 9.59 Å². The number of hydrogen-bond acceptors (Lipinski definition) is 5. The molecular formula is C18H23NO4. The zero-order valence-corrected chi connectivity index (χ0v) is 13.9. The molecule has 2 aliphatic rings. The summed E-state index contributed by atoms with van der Waals surface area (Å²) in [6.07, 6.45) is 3.93. The van der Waals surface area contributed by atoms with Crippen LogP contribution < -0.4 is 4.90 Å². The summed E-state index contributed by atoms with van der Waals surface area (Å²) < 4.78 is 10.2. The van der Waals surface area contributed by atoms with Crippen LogP contribution in [0, 0.1) is 6.92 Å². The molecule has 124 valence electrons. The van der Waals surface area contributed by atoms with Gasteiger partial charge < -0.3 is 14.4 Å². The van der Waals surface area contributed by atoms with Crippen molar-refractivity contribution in [1.82, 2.24) is 0 Å². The maximum Gasteiger partial charge on any atom is 0.330 e. The molecule has 0 amide bonds. The molecule has 2 heterocycles. The van der Waals surface area contributed by atoms with E-state index in [0.717, 1.165) is 49.0 Å². The number of nitrogens with zero attached hydrogens (tertiary/aromatic N) is 1. The van der Waals surface area contributed by atoms with Gasteiger partial charge >= 0.3 is 11.9 Å². The summed E-state index contributed by atoms with van der Waals surface area (Å²) in [4.78, 5) is 27.9. The molecule has 5 nitrogen and oxygen atoms in total. The normalized spacial score (nSPS) is 21.9. The van der Waals surface area contributed by atoms with Crippen LogP contribution in [0.3, 0.4) is 0 Å². The quantitative estimate of drug-likeness (QED) is 0.619. The Morgan fingerprint density at radius 3 is 2.48 bits per heavy atom. The molecule has 2 aliphatic heterocycles. The first-order chi connectivity index (χ1) is 11.1. The van der Waals surface area contributed by atoms with Crippen LogP contribution in [0.15, 0.2) is 18.2 Å². The summed E-state index contributed by atoms with van der Waals surface area (Å²) in [5.74, 6) is -1.05. The molecule has 1 saturated heterocycles. The second-order valence-electron chi connectivity index (χ2n) is 6.32. The molecule has 0 aromatic heterocycles. The molecule has 0 saturated carbocycles. The number of benzene rings is 1. The molecule has 1 unspecified atom stereocenters. The zero-order chi connectivity index (χ0) is 16.6. The Hall–Kier alpha value is -2.04. The van der Waals surface area contributed by atoms with E-state index in [9.17, 15) is 9.59 Å². The van der Waals surface area contributed by atoms with Crippen LogP contribution in [-0.4, -0.2) is 38.7 Å². The molecule has 0 radical (unpaired) electrons. The number of rotatable bonds is 2. The van der Waals surface area contributed by atoms with Crippen molar-refractivity contribution in [3.8, 4) is 0 Å². The molecular weight excluding hydrogens is 294 g/mol. The molecule has 23 heavy (non-hydrogen) atoms. The van der Waals surface area contributed by atoms with E-state index in [1.54, 1.807) is 0 Å². The lowest BCUT2D eigenvalue weighted by Gasteiger charge is -2.34. The highest BCUT2D eigenvalue weighted by Gasteiger charge is 2.63. The van der Waals surface area contributed by atoms with Crippen LogP contribution in [0.5, 0.6) is 0 Å². The highest BCUT2D eigenvalue weighted by atomic mass is 16.5. The fraction of sp³-hybridized carbons (Fsp3) is 0.556. The molecule has 0 N–H and O–H groups in total. The Morgan fingerprint density at radius 1 is 1.13 bits per heavy atom. The first-order valence-corrected chi connectivity index (χ1v) is 8.12. The monoisotopic (exact) mass is 317 g/mol. The highest BCUT2D eigenvalue weighted by molar-refractivity contribution is 6.11. The van der Waals surface area contributed by atoms with Gasteiger partial charge in [0.05, 0.1) is 20.3 Å². The van der Waals surface area contributed by atoms with E-state index in [1.807, 2.05) is 25.1 Å². The van der Waals surface area contributed by atoms with Crippen molar-refractivity contribution >= 4 is 17.6 Å². The summed E-state index contributed by atoms with van der Waals surface area (Å²) >= 11 is 0. The lowest BCUT2D eigenvalue weighted by Crippen LogP contribution is -2.55. The van der Waals surface area contributed by atoms with E-state index in [-0.39, 0.29) is 6.04 Å². The van der Waals surface area contributed by atoms with Gasteiger partial charge in [-0.05, 0) is 25.3 Å². The Morgan fingerprint density at radius 2 is 1.83 bits per heavy atom. The second kappa shape index (κ2) is 5.87. The Labute approximate surface area is 136 Å². The Kier molecular flexibility index (Phi) is 4.04. The number of fused-ring (bicyclic) bond motifs is 3. The van der Waals surface area contributed by atoms with Crippen LogP contribution in [0.4, 0.5) is 5.69 Å². The molecule has 5 heteroatoms. The van der Waals surface area contributed by atoms with Gasteiger partial charge in [0.2, 0.25) is 5.41 Å². The number of carbonyl (C=O) groups is 2. The van der Waals surface area contributed by atoms with E-state index in [0.29, 0.717) is 0 Å². The molecule has 0 bridgehead atoms. The summed E-state index contributed by atoms with van der Waals surface area (Å²) in [5, 5.41) is 0. The summed E-state index contributed by atoms with van der Waals surface area (Å²) in [5.41, 5.74) is 1.41. The minimum absolute atomic E-state index is 0.235. The number of ether oxygens (including phenoxy) is 2. The number of carbonyl (C=O) groups excluding carboxylic acids is 2. The number of esters is 2. The van der Waals surface area contributed by atoms with Crippen LogP contribution in [0.1, 0.15) is 36.8 Å². The third kappa shape index (κ3) is 2.06. The molecule has 0 aliphatic carbocycles. The average Bonchev–Trinajstić information content (AvgIpc) is 2.70. The van der Waals surface area contributed by atoms with Gasteiger partial charge in [-0.1, -0.05) is 31.0 Å². The van der Waals surface area contributed by atoms with E-state index >= 15 is 0 Å². The van der Waals surface area contributed by atoms with Gasteiger partial charge in [-0.25, -0.2) is 0 Å². The van der Waals surface area contributed by atoms with Crippen molar-refractivity contribution < 1.29 is 19.1 Å². The van der Waals surface area contributed by atoms with Crippen LogP contribution in [-0.2, 0) is 24.5 Å². The lowest BCUT2D eigenvalue weighted by molar-refractivity contribution is -0.163. The SMILES string of the molecule is COC(=O)C1(C(=O)OC)c2cccc(C)c2N2CCCCCC21. The Balaban J connectivity index is 2.30. The van der Waals surface area contributed by atoms with Gasteiger partial charge in [-0.2, -0.15) is 0 Å². The molecule has 3 rings (SSSR count). The zero-order valence-electron chi connectivity index (χ0n) is 13.9. The Bertz CT molecular complexity index is 624. The van der Waals surface area contributed by atoms with Crippen molar-refractivity contribution in [1.29, 1.82) is 0 Å². The molecule has 1 fully saturated rings. The molecule has 1 aromatic carbocycles. The van der Waals surface area contributed by atoms with E-state index in [1.165, 1.54) is 14.2 Å². The van der Waals surface area contributed by atoms with Crippen molar-refractivity contribution in [3.05, 3.63) is 29.3 Å². The molecule has 1 atom stereocenters. The number of para-hydroxylation sites is 1. The number of hydrogen-bond donors (Lipinski definition) is 0. The first-order valence-electron chi connectivity index (χ1n) is 8.12. The predicted octanol–water partition coefficient (Wildman–Crippen LogP) is 2.34. The predicted molar refractivity (Wildman–Crippen MR) is 86.5 cm³/mol. The van der Waals surface area contributed by atoms with Gasteiger partial charge in [0.25, 0.3) is 0 Å². The van der Waals surface area contributed by atoms with Crippen molar-refractivity contribution in [2.75, 3.05) is 25.7 Å². The van der Waals surface area contributed by atoms with Gasteiger partial charge in [0.1, 0.15) is 0 Å². The van der Waals surface area contributed by atoms with Crippen LogP contribution in [0.2, 0.25) is 0 Å². The minimum atomic E-state index is -1.38. The maximum atomic E-state index is 12.8. The largest absolute Gasteiger partial charge is 0.468 e. The van der Waals surface area contributed by atoms with Crippen LogP contribution >= 0.6 is 0 Å². The van der Waals surface area contributed by atoms with E-state index in [2.05, 4.69) is 4.90 Å². The highest BCUT2D eigenvalue weighted by Crippen LogP contribution is 2.51. The van der Waals surface area contributed by atoms with Gasteiger partial charge in [0, 0.05) is 17.8 Å². The fourth-order valence-corrected chi connectivity index (χ4v) is 4.26. The summed E-state index contributed by atoms with van der Waals surface area (Å²) in [7, 11) is 2.67. The van der Waals surface area contributed by atoms with Gasteiger partial charge in [0.15, 0.2) is 0 Å². The topological polar surface area (TPSA) is 55.8 Å². The van der Waals surface area contributed by atoms with E-state index in [4.69, 9.17) is 9.47 Å². The van der Waals surface area contributed by atoms with Crippen molar-refractivity contribution in [3.63, 3.8) is 0 Å².